The number of amides is 1. The summed E-state index contributed by atoms with van der Waals surface area (Å²) in [6.45, 7) is 3.76. The number of carbonyl (C=O) groups excluding carboxylic acids is 1. The van der Waals surface area contributed by atoms with E-state index in [2.05, 4.69) is 10.5 Å². The van der Waals surface area contributed by atoms with Gasteiger partial charge in [-0.1, -0.05) is 24.3 Å². The summed E-state index contributed by atoms with van der Waals surface area (Å²) in [6.07, 6.45) is 1.50. The normalized spacial score (nSPS) is 10.6. The van der Waals surface area contributed by atoms with Crippen LogP contribution in [-0.4, -0.2) is 32.9 Å². The second-order valence-electron chi connectivity index (χ2n) is 5.39. The van der Waals surface area contributed by atoms with Gasteiger partial charge in [0.2, 0.25) is 0 Å². The molecule has 0 aliphatic rings. The third-order valence-electron chi connectivity index (χ3n) is 3.58. The lowest BCUT2D eigenvalue weighted by Crippen LogP contribution is -2.25. The van der Waals surface area contributed by atoms with Gasteiger partial charge in [-0.15, -0.1) is 0 Å². The first-order chi connectivity index (χ1) is 12.1. The molecule has 25 heavy (non-hydrogen) atoms. The molecule has 0 radical (unpaired) electrons. The Balaban J connectivity index is 1.95. The second-order valence-corrected chi connectivity index (χ2v) is 5.39. The molecule has 0 spiro atoms. The van der Waals surface area contributed by atoms with Crippen LogP contribution in [0.3, 0.4) is 0 Å². The Hall–Kier alpha value is -3.02. The van der Waals surface area contributed by atoms with Crippen molar-refractivity contribution in [3.8, 4) is 17.2 Å². The first-order valence-corrected chi connectivity index (χ1v) is 7.78. The van der Waals surface area contributed by atoms with E-state index in [-0.39, 0.29) is 12.5 Å². The fraction of sp³-hybridized carbons (Fsp3) is 0.263. The van der Waals surface area contributed by atoms with Crippen molar-refractivity contribution in [1.82, 2.24) is 5.43 Å². The van der Waals surface area contributed by atoms with Crippen LogP contribution < -0.4 is 19.6 Å². The predicted molar refractivity (Wildman–Crippen MR) is 96.7 cm³/mol. The zero-order chi connectivity index (χ0) is 18.2. The number of rotatable bonds is 7. The van der Waals surface area contributed by atoms with Gasteiger partial charge < -0.3 is 14.2 Å². The number of hydrogen-bond donors (Lipinski definition) is 1. The topological polar surface area (TPSA) is 69.2 Å². The monoisotopic (exact) mass is 342 g/mol. The maximum absolute atomic E-state index is 11.9. The van der Waals surface area contributed by atoms with Gasteiger partial charge in [-0.05, 0) is 37.1 Å². The molecule has 2 aromatic rings. The third kappa shape index (κ3) is 4.73. The van der Waals surface area contributed by atoms with Crippen molar-refractivity contribution in [3.63, 3.8) is 0 Å². The molecule has 0 atom stereocenters. The molecule has 2 aromatic carbocycles. The van der Waals surface area contributed by atoms with Crippen molar-refractivity contribution in [2.45, 2.75) is 13.8 Å². The Morgan fingerprint density at radius 3 is 2.36 bits per heavy atom. The molecule has 132 valence electrons. The number of benzene rings is 2. The number of para-hydroxylation sites is 2. The van der Waals surface area contributed by atoms with Gasteiger partial charge in [0.05, 0.1) is 20.4 Å². The van der Waals surface area contributed by atoms with Crippen LogP contribution in [0.1, 0.15) is 16.7 Å². The molecule has 0 aliphatic carbocycles. The summed E-state index contributed by atoms with van der Waals surface area (Å²) in [5, 5.41) is 3.94. The Morgan fingerprint density at radius 1 is 1.04 bits per heavy atom. The molecule has 0 aromatic heterocycles. The standard InChI is InChI=1S/C19H22N2O4/c1-13-7-5-8-14(2)18(13)25-12-17(22)21-20-11-15-9-6-10-16(23-3)19(15)24-4/h5-11H,12H2,1-4H3,(H,21,22). The van der Waals surface area contributed by atoms with E-state index in [0.717, 1.165) is 16.9 Å². The third-order valence-corrected chi connectivity index (χ3v) is 3.58. The zero-order valence-corrected chi connectivity index (χ0v) is 14.8. The summed E-state index contributed by atoms with van der Waals surface area (Å²) >= 11 is 0. The lowest BCUT2D eigenvalue weighted by atomic mass is 10.1. The number of hydrazone groups is 1. The number of methoxy groups -OCH3 is 2. The van der Waals surface area contributed by atoms with E-state index in [4.69, 9.17) is 14.2 Å². The lowest BCUT2D eigenvalue weighted by molar-refractivity contribution is -0.123. The Morgan fingerprint density at radius 2 is 1.72 bits per heavy atom. The largest absolute Gasteiger partial charge is 0.493 e. The number of nitrogens with one attached hydrogen (secondary N) is 1. The average Bonchev–Trinajstić information content (AvgIpc) is 2.61. The van der Waals surface area contributed by atoms with Crippen LogP contribution >= 0.6 is 0 Å². The van der Waals surface area contributed by atoms with Gasteiger partial charge in [-0.3, -0.25) is 4.79 Å². The van der Waals surface area contributed by atoms with Gasteiger partial charge in [0, 0.05) is 5.56 Å². The van der Waals surface area contributed by atoms with Crippen molar-refractivity contribution in [3.05, 3.63) is 53.1 Å². The Bertz CT molecular complexity index is 752. The quantitative estimate of drug-likeness (QED) is 0.620. The van der Waals surface area contributed by atoms with Gasteiger partial charge in [0.25, 0.3) is 5.91 Å². The highest BCUT2D eigenvalue weighted by atomic mass is 16.5. The highest BCUT2D eigenvalue weighted by molar-refractivity contribution is 5.86. The maximum Gasteiger partial charge on any atom is 0.277 e. The summed E-state index contributed by atoms with van der Waals surface area (Å²) < 4.78 is 16.1. The van der Waals surface area contributed by atoms with Crippen LogP contribution in [0.5, 0.6) is 17.2 Å². The minimum atomic E-state index is -0.347. The SMILES string of the molecule is COc1cccc(C=NNC(=O)COc2c(C)cccc2C)c1OC. The molecule has 0 aliphatic heterocycles. The summed E-state index contributed by atoms with van der Waals surface area (Å²) in [7, 11) is 3.11. The molecule has 0 unspecified atom stereocenters. The minimum absolute atomic E-state index is 0.113. The van der Waals surface area contributed by atoms with Crippen molar-refractivity contribution >= 4 is 12.1 Å². The van der Waals surface area contributed by atoms with E-state index in [1.807, 2.05) is 44.2 Å². The molecular formula is C19H22N2O4. The first kappa shape index (κ1) is 18.3. The number of hydrogen-bond acceptors (Lipinski definition) is 5. The number of nitrogens with zero attached hydrogens (tertiary/aromatic N) is 1. The smallest absolute Gasteiger partial charge is 0.277 e. The van der Waals surface area contributed by atoms with Crippen LogP contribution in [0, 0.1) is 13.8 Å². The summed E-state index contributed by atoms with van der Waals surface area (Å²) in [5.41, 5.74) is 5.10. The molecule has 0 saturated carbocycles. The van der Waals surface area contributed by atoms with Crippen LogP contribution in [0.25, 0.3) is 0 Å². The lowest BCUT2D eigenvalue weighted by Gasteiger charge is -2.11. The fourth-order valence-electron chi connectivity index (χ4n) is 2.38. The van der Waals surface area contributed by atoms with Gasteiger partial charge in [0.15, 0.2) is 18.1 Å². The summed E-state index contributed by atoms with van der Waals surface area (Å²) in [6, 6.07) is 11.2. The molecular weight excluding hydrogens is 320 g/mol. The van der Waals surface area contributed by atoms with Crippen molar-refractivity contribution in [2.24, 2.45) is 5.10 Å². The minimum Gasteiger partial charge on any atom is -0.493 e. The van der Waals surface area contributed by atoms with E-state index >= 15 is 0 Å². The Kier molecular flexibility index (Phi) is 6.39. The molecule has 6 nitrogen and oxygen atoms in total. The van der Waals surface area contributed by atoms with Gasteiger partial charge >= 0.3 is 0 Å². The fourth-order valence-corrected chi connectivity index (χ4v) is 2.38. The van der Waals surface area contributed by atoms with Crippen LogP contribution in [0.2, 0.25) is 0 Å². The highest BCUT2D eigenvalue weighted by Gasteiger charge is 2.08. The molecule has 6 heteroatoms. The van der Waals surface area contributed by atoms with Gasteiger partial charge in [0.1, 0.15) is 5.75 Å². The molecule has 1 N–H and O–H groups in total. The average molecular weight is 342 g/mol. The van der Waals surface area contributed by atoms with E-state index in [1.165, 1.54) is 6.21 Å². The van der Waals surface area contributed by atoms with E-state index in [1.54, 1.807) is 20.3 Å². The molecule has 0 saturated heterocycles. The first-order valence-electron chi connectivity index (χ1n) is 7.78. The molecule has 0 heterocycles. The van der Waals surface area contributed by atoms with Crippen LogP contribution in [0.4, 0.5) is 0 Å². The highest BCUT2D eigenvalue weighted by Crippen LogP contribution is 2.29. The maximum atomic E-state index is 11.9. The number of ether oxygens (including phenoxy) is 3. The van der Waals surface area contributed by atoms with Crippen molar-refractivity contribution in [1.29, 1.82) is 0 Å². The predicted octanol–water partition coefficient (Wildman–Crippen LogP) is 2.85. The van der Waals surface area contributed by atoms with Crippen LogP contribution in [-0.2, 0) is 4.79 Å². The van der Waals surface area contributed by atoms with Crippen molar-refractivity contribution < 1.29 is 19.0 Å². The van der Waals surface area contributed by atoms with Crippen molar-refractivity contribution in [2.75, 3.05) is 20.8 Å². The Labute approximate surface area is 147 Å². The zero-order valence-electron chi connectivity index (χ0n) is 14.8. The molecule has 0 fully saturated rings. The second kappa shape index (κ2) is 8.73. The summed E-state index contributed by atoms with van der Waals surface area (Å²) in [4.78, 5) is 11.9. The van der Waals surface area contributed by atoms with E-state index in [0.29, 0.717) is 17.1 Å². The molecule has 1 amide bonds. The molecule has 2 rings (SSSR count). The summed E-state index contributed by atoms with van der Waals surface area (Å²) in [5.74, 6) is 1.52. The van der Waals surface area contributed by atoms with E-state index < -0.39 is 0 Å². The van der Waals surface area contributed by atoms with Crippen LogP contribution in [0.15, 0.2) is 41.5 Å². The van der Waals surface area contributed by atoms with E-state index in [9.17, 15) is 4.79 Å². The van der Waals surface area contributed by atoms with Gasteiger partial charge in [-0.25, -0.2) is 5.43 Å². The number of carbonyl (C=O) groups is 1. The molecule has 0 bridgehead atoms. The number of aryl methyl sites for hydroxylation is 2. The van der Waals surface area contributed by atoms with Gasteiger partial charge in [-0.2, -0.15) is 5.10 Å².